The lowest BCUT2D eigenvalue weighted by atomic mass is 9.47. The minimum absolute atomic E-state index is 0.0635. The Balaban J connectivity index is 1.75. The molecule has 3 unspecified atom stereocenters. The Morgan fingerprint density at radius 3 is 2.48 bits per heavy atom. The molecule has 0 amide bonds. The van der Waals surface area contributed by atoms with E-state index in [0.717, 1.165) is 32.1 Å². The molecule has 0 aromatic rings. The number of fused-ring (bicyclic) bond motifs is 3. The summed E-state index contributed by atoms with van der Waals surface area (Å²) in [5, 5.41) is 22.4. The standard InChI is InChI=1S/C29H52O4/c1-7-10-20(30)17-23-19(5)22-15-16-29(6)24(18(4)11-14-26(31)33-9-3)12-13-25(29)27(22)28(32)21(23)8-2/h18-25,27-28,30,32H,7-17H2,1-6H3/t18-,19+,20-,21-,22?,23-,24-,25?,27?,28-,29-/m1/s1. The van der Waals surface area contributed by atoms with Gasteiger partial charge in [0.1, 0.15) is 0 Å². The fraction of sp³-hybridized carbons (Fsp3) is 0.966. The molecule has 3 aliphatic carbocycles. The second-order valence-corrected chi connectivity index (χ2v) is 12.2. The van der Waals surface area contributed by atoms with E-state index in [2.05, 4.69) is 34.6 Å². The molecule has 0 bridgehead atoms. The van der Waals surface area contributed by atoms with Crippen molar-refractivity contribution in [2.75, 3.05) is 6.61 Å². The molecule has 3 fully saturated rings. The Morgan fingerprint density at radius 2 is 1.85 bits per heavy atom. The number of hydrogen-bond acceptors (Lipinski definition) is 4. The predicted octanol–water partition coefficient (Wildman–Crippen LogP) is 6.23. The maximum Gasteiger partial charge on any atom is 0.305 e. The third-order valence-electron chi connectivity index (χ3n) is 10.6. The molecule has 11 atom stereocenters. The molecule has 0 spiro atoms. The lowest BCUT2D eigenvalue weighted by molar-refractivity contribution is -0.153. The molecular weight excluding hydrogens is 412 g/mol. The third kappa shape index (κ3) is 5.32. The highest BCUT2D eigenvalue weighted by Gasteiger charge is 2.60. The zero-order valence-corrected chi connectivity index (χ0v) is 22.3. The van der Waals surface area contributed by atoms with Crippen LogP contribution in [-0.2, 0) is 9.53 Å². The van der Waals surface area contributed by atoms with Crippen LogP contribution in [-0.4, -0.2) is 35.0 Å². The van der Waals surface area contributed by atoms with Gasteiger partial charge in [-0.2, -0.15) is 0 Å². The average molecular weight is 465 g/mol. The molecule has 4 heteroatoms. The van der Waals surface area contributed by atoms with Crippen LogP contribution in [0.3, 0.4) is 0 Å². The van der Waals surface area contributed by atoms with E-state index >= 15 is 0 Å². The zero-order valence-electron chi connectivity index (χ0n) is 22.3. The first-order valence-electron chi connectivity index (χ1n) is 14.2. The van der Waals surface area contributed by atoms with Gasteiger partial charge in [0, 0.05) is 6.42 Å². The Labute approximate surface area is 203 Å². The molecule has 192 valence electrons. The quantitative estimate of drug-likeness (QED) is 0.376. The summed E-state index contributed by atoms with van der Waals surface area (Å²) in [4.78, 5) is 11.9. The first-order chi connectivity index (χ1) is 15.7. The van der Waals surface area contributed by atoms with Gasteiger partial charge in [-0.3, -0.25) is 4.79 Å². The number of esters is 1. The highest BCUT2D eigenvalue weighted by molar-refractivity contribution is 5.69. The van der Waals surface area contributed by atoms with Crippen LogP contribution in [0.15, 0.2) is 0 Å². The van der Waals surface area contributed by atoms with Gasteiger partial charge < -0.3 is 14.9 Å². The first kappa shape index (κ1) is 27.0. The number of carbonyl (C=O) groups excluding carboxylic acids is 1. The molecule has 0 saturated heterocycles. The fourth-order valence-electron chi connectivity index (χ4n) is 9.03. The summed E-state index contributed by atoms with van der Waals surface area (Å²) in [5.41, 5.74) is 0.267. The molecule has 0 heterocycles. The molecule has 4 nitrogen and oxygen atoms in total. The third-order valence-corrected chi connectivity index (χ3v) is 10.6. The Hall–Kier alpha value is -0.610. The smallest absolute Gasteiger partial charge is 0.305 e. The highest BCUT2D eigenvalue weighted by atomic mass is 16.5. The van der Waals surface area contributed by atoms with Crippen LogP contribution in [0.1, 0.15) is 106 Å². The van der Waals surface area contributed by atoms with Crippen molar-refractivity contribution in [1.29, 1.82) is 0 Å². The van der Waals surface area contributed by atoms with Crippen LogP contribution >= 0.6 is 0 Å². The van der Waals surface area contributed by atoms with E-state index in [9.17, 15) is 15.0 Å². The van der Waals surface area contributed by atoms with E-state index in [1.165, 1.54) is 25.7 Å². The van der Waals surface area contributed by atoms with Gasteiger partial charge in [-0.1, -0.05) is 47.5 Å². The minimum atomic E-state index is -0.242. The van der Waals surface area contributed by atoms with Crippen molar-refractivity contribution in [3.05, 3.63) is 0 Å². The maximum absolute atomic E-state index is 11.9. The van der Waals surface area contributed by atoms with Crippen LogP contribution < -0.4 is 0 Å². The van der Waals surface area contributed by atoms with Gasteiger partial charge in [-0.15, -0.1) is 0 Å². The second kappa shape index (κ2) is 11.4. The topological polar surface area (TPSA) is 66.8 Å². The summed E-state index contributed by atoms with van der Waals surface area (Å²) in [7, 11) is 0. The van der Waals surface area contributed by atoms with Crippen LogP contribution in [0.25, 0.3) is 0 Å². The molecule has 3 rings (SSSR count). The number of aliphatic hydroxyl groups excluding tert-OH is 2. The normalized spacial score (nSPS) is 42.3. The van der Waals surface area contributed by atoms with E-state index < -0.39 is 0 Å². The van der Waals surface area contributed by atoms with Gasteiger partial charge in [-0.25, -0.2) is 0 Å². The van der Waals surface area contributed by atoms with Crippen LogP contribution in [0.5, 0.6) is 0 Å². The molecule has 3 aliphatic rings. The Kier molecular flexibility index (Phi) is 9.34. The van der Waals surface area contributed by atoms with E-state index in [4.69, 9.17) is 4.74 Å². The summed E-state index contributed by atoms with van der Waals surface area (Å²) in [5.74, 6) is 3.93. The van der Waals surface area contributed by atoms with E-state index in [-0.39, 0.29) is 23.6 Å². The summed E-state index contributed by atoms with van der Waals surface area (Å²) in [6, 6.07) is 0. The molecular formula is C29H52O4. The number of carbonyl (C=O) groups is 1. The zero-order chi connectivity index (χ0) is 24.3. The second-order valence-electron chi connectivity index (χ2n) is 12.2. The van der Waals surface area contributed by atoms with Gasteiger partial charge in [0.05, 0.1) is 18.8 Å². The number of ether oxygens (including phenoxy) is 1. The van der Waals surface area contributed by atoms with Crippen molar-refractivity contribution >= 4 is 5.97 Å². The van der Waals surface area contributed by atoms with Crippen LogP contribution in [0, 0.1) is 52.8 Å². The Morgan fingerprint density at radius 1 is 1.12 bits per heavy atom. The molecule has 2 N–H and O–H groups in total. The first-order valence-corrected chi connectivity index (χ1v) is 14.2. The SMILES string of the molecule is CCC[C@@H](O)C[C@H]1[C@@H](CC)[C@@H](O)C2C(CC[C@@]3(C)C2CC[C@@H]3[C@H](C)CCC(=O)OCC)[C@@H]1C. The number of hydrogen-bond donors (Lipinski definition) is 2. The molecule has 3 saturated carbocycles. The predicted molar refractivity (Wildman–Crippen MR) is 134 cm³/mol. The monoisotopic (exact) mass is 464 g/mol. The van der Waals surface area contributed by atoms with Crippen molar-refractivity contribution in [3.8, 4) is 0 Å². The molecule has 0 aromatic heterocycles. The number of rotatable bonds is 10. The molecule has 0 radical (unpaired) electrons. The fourth-order valence-corrected chi connectivity index (χ4v) is 9.03. The lowest BCUT2D eigenvalue weighted by Gasteiger charge is -2.58. The minimum Gasteiger partial charge on any atom is -0.466 e. The highest BCUT2D eigenvalue weighted by Crippen LogP contribution is 2.65. The average Bonchev–Trinajstić information content (AvgIpc) is 3.13. The number of aliphatic hydroxyl groups is 2. The lowest BCUT2D eigenvalue weighted by Crippen LogP contribution is -2.56. The van der Waals surface area contributed by atoms with Crippen LogP contribution in [0.4, 0.5) is 0 Å². The molecule has 33 heavy (non-hydrogen) atoms. The van der Waals surface area contributed by atoms with Gasteiger partial charge in [-0.05, 0) is 105 Å². The van der Waals surface area contributed by atoms with E-state index in [1.54, 1.807) is 0 Å². The van der Waals surface area contributed by atoms with Crippen molar-refractivity contribution in [1.82, 2.24) is 0 Å². The summed E-state index contributed by atoms with van der Waals surface area (Å²) in [6.07, 6.45) is 9.59. The summed E-state index contributed by atoms with van der Waals surface area (Å²) >= 11 is 0. The van der Waals surface area contributed by atoms with Gasteiger partial charge in [0.15, 0.2) is 0 Å². The van der Waals surface area contributed by atoms with Crippen molar-refractivity contribution in [3.63, 3.8) is 0 Å². The summed E-state index contributed by atoms with van der Waals surface area (Å²) < 4.78 is 5.17. The van der Waals surface area contributed by atoms with Gasteiger partial charge in [0.25, 0.3) is 0 Å². The molecule has 0 aliphatic heterocycles. The maximum atomic E-state index is 11.9. The molecule has 0 aromatic carbocycles. The van der Waals surface area contributed by atoms with Crippen molar-refractivity contribution in [2.24, 2.45) is 52.8 Å². The van der Waals surface area contributed by atoms with E-state index in [0.29, 0.717) is 60.4 Å². The van der Waals surface area contributed by atoms with E-state index in [1.807, 2.05) is 6.92 Å². The summed E-state index contributed by atoms with van der Waals surface area (Å²) in [6.45, 7) is 14.0. The van der Waals surface area contributed by atoms with Crippen LogP contribution in [0.2, 0.25) is 0 Å². The largest absolute Gasteiger partial charge is 0.466 e. The van der Waals surface area contributed by atoms with Gasteiger partial charge >= 0.3 is 5.97 Å². The van der Waals surface area contributed by atoms with Gasteiger partial charge in [0.2, 0.25) is 0 Å². The van der Waals surface area contributed by atoms with Crippen molar-refractivity contribution < 1.29 is 19.7 Å². The van der Waals surface area contributed by atoms with Crippen molar-refractivity contribution in [2.45, 2.75) is 118 Å². The Bertz CT molecular complexity index is 635.